The quantitative estimate of drug-likeness (QED) is 0.148. The summed E-state index contributed by atoms with van der Waals surface area (Å²) in [7, 11) is 0. The highest BCUT2D eigenvalue weighted by molar-refractivity contribution is 6.63. The van der Waals surface area contributed by atoms with E-state index in [2.05, 4.69) is 0 Å². The second kappa shape index (κ2) is 20.6. The van der Waals surface area contributed by atoms with E-state index in [4.69, 9.17) is 16.3 Å². The van der Waals surface area contributed by atoms with Crippen LogP contribution < -0.4 is 5.11 Å². The van der Waals surface area contributed by atoms with Crippen LogP contribution in [0.2, 0.25) is 0 Å². The minimum atomic E-state index is -0.936. The number of esters is 1. The van der Waals surface area contributed by atoms with E-state index in [1.807, 2.05) is 0 Å². The first kappa shape index (κ1) is 26.9. The van der Waals surface area contributed by atoms with Crippen LogP contribution in [-0.2, 0) is 19.1 Å². The summed E-state index contributed by atoms with van der Waals surface area (Å²) in [5.41, 5.74) is 0. The van der Waals surface area contributed by atoms with Crippen LogP contribution in [0.3, 0.4) is 0 Å². The summed E-state index contributed by atoms with van der Waals surface area (Å²) in [5, 5.41) is 9.93. The number of hydrogen-bond acceptors (Lipinski definition) is 5. The Labute approximate surface area is 175 Å². The van der Waals surface area contributed by atoms with Gasteiger partial charge in [-0.15, -0.1) is 0 Å². The van der Waals surface area contributed by atoms with Crippen LogP contribution >= 0.6 is 11.6 Å². The highest BCUT2D eigenvalue weighted by Gasteiger charge is 2.03. The van der Waals surface area contributed by atoms with Gasteiger partial charge in [0.05, 0.1) is 6.61 Å². The van der Waals surface area contributed by atoms with Gasteiger partial charge in [-0.25, -0.2) is 0 Å². The Hall–Kier alpha value is -1.10. The van der Waals surface area contributed by atoms with Gasteiger partial charge in [0.15, 0.2) is 0 Å². The van der Waals surface area contributed by atoms with Gasteiger partial charge in [0.25, 0.3) is 0 Å². The van der Waals surface area contributed by atoms with Crippen LogP contribution in [0.5, 0.6) is 0 Å². The monoisotopic (exact) mass is 417 g/mol. The lowest BCUT2D eigenvalue weighted by molar-refractivity contribution is -0.305. The van der Waals surface area contributed by atoms with Crippen LogP contribution in [0, 0.1) is 0 Å². The number of carbonyl (C=O) groups excluding carboxylic acids is 3. The van der Waals surface area contributed by atoms with Crippen molar-refractivity contribution in [1.29, 1.82) is 0 Å². The molecule has 0 radical (unpaired) electrons. The lowest BCUT2D eigenvalue weighted by Crippen LogP contribution is -2.21. The van der Waals surface area contributed by atoms with Crippen molar-refractivity contribution >= 4 is 28.8 Å². The van der Waals surface area contributed by atoms with Crippen LogP contribution in [0.1, 0.15) is 116 Å². The fourth-order valence-corrected chi connectivity index (χ4v) is 3.24. The highest BCUT2D eigenvalue weighted by atomic mass is 35.5. The summed E-state index contributed by atoms with van der Waals surface area (Å²) in [5.74, 6) is -1.12. The normalized spacial score (nSPS) is 10.8. The molecule has 0 atom stereocenters. The van der Waals surface area contributed by atoms with E-state index in [0.717, 1.165) is 32.1 Å². The number of carboxylic acid groups (broad SMARTS) is 1. The predicted octanol–water partition coefficient (Wildman–Crippen LogP) is 5.07. The van der Waals surface area contributed by atoms with Crippen LogP contribution in [0.25, 0.3) is 0 Å². The molecule has 0 aromatic carbocycles. The minimum absolute atomic E-state index is 0.180. The van der Waals surface area contributed by atoms with E-state index in [-0.39, 0.29) is 17.6 Å². The molecule has 0 saturated heterocycles. The number of carbonyl (C=O) groups is 3. The van der Waals surface area contributed by atoms with Crippen LogP contribution in [0.4, 0.5) is 0 Å². The van der Waals surface area contributed by atoms with Gasteiger partial charge in [0.1, 0.15) is 0 Å². The third kappa shape index (κ3) is 22.9. The summed E-state index contributed by atoms with van der Waals surface area (Å²) < 4.78 is 5.18. The van der Waals surface area contributed by atoms with Gasteiger partial charge in [0, 0.05) is 18.8 Å². The Morgan fingerprint density at radius 1 is 0.571 bits per heavy atom. The maximum atomic E-state index is 11.5. The van der Waals surface area contributed by atoms with Gasteiger partial charge in [-0.3, -0.25) is 9.59 Å². The van der Waals surface area contributed by atoms with Crippen molar-refractivity contribution in [3.05, 3.63) is 0 Å². The van der Waals surface area contributed by atoms with Crippen molar-refractivity contribution in [3.8, 4) is 0 Å². The summed E-state index contributed by atoms with van der Waals surface area (Å²) >= 11 is 5.24. The van der Waals surface area contributed by atoms with Gasteiger partial charge in [-0.1, -0.05) is 70.6 Å². The summed E-state index contributed by atoms with van der Waals surface area (Å²) in [6.45, 7) is 0.496. The lowest BCUT2D eigenvalue weighted by atomic mass is 10.0. The van der Waals surface area contributed by atoms with Gasteiger partial charge >= 0.3 is 5.97 Å². The molecule has 0 rings (SSSR count). The molecule has 0 aliphatic carbocycles. The first-order chi connectivity index (χ1) is 13.5. The second-order valence-electron chi connectivity index (χ2n) is 7.50. The second-order valence-corrected chi connectivity index (χ2v) is 7.92. The van der Waals surface area contributed by atoms with Crippen molar-refractivity contribution in [3.63, 3.8) is 0 Å². The van der Waals surface area contributed by atoms with E-state index in [1.165, 1.54) is 51.4 Å². The third-order valence-electron chi connectivity index (χ3n) is 4.79. The molecule has 0 aromatic rings. The van der Waals surface area contributed by atoms with E-state index in [0.29, 0.717) is 32.3 Å². The standard InChI is InChI=1S/C22H39ClO5/c23-20(24)16-13-14-18-22(27)28-19-15-11-9-7-5-3-1-2-4-6-8-10-12-17-21(25)26/h1-19H2,(H,25,26)/p-1. The first-order valence-electron chi connectivity index (χ1n) is 11.1. The number of hydrogen-bond donors (Lipinski definition) is 0. The van der Waals surface area contributed by atoms with E-state index >= 15 is 0 Å². The largest absolute Gasteiger partial charge is 0.550 e. The van der Waals surface area contributed by atoms with Gasteiger partial charge in [0.2, 0.25) is 5.24 Å². The Balaban J connectivity index is 3.14. The number of carboxylic acids is 1. The molecule has 0 aromatic heterocycles. The molecule has 164 valence electrons. The molecule has 5 nitrogen and oxygen atoms in total. The van der Waals surface area contributed by atoms with E-state index in [9.17, 15) is 19.5 Å². The zero-order valence-electron chi connectivity index (χ0n) is 17.4. The van der Waals surface area contributed by atoms with Crippen LogP contribution in [0.15, 0.2) is 0 Å². The van der Waals surface area contributed by atoms with Gasteiger partial charge in [-0.2, -0.15) is 0 Å². The van der Waals surface area contributed by atoms with Crippen molar-refractivity contribution in [2.75, 3.05) is 6.61 Å². The zero-order chi connectivity index (χ0) is 20.9. The van der Waals surface area contributed by atoms with Gasteiger partial charge in [-0.05, 0) is 43.7 Å². The molecule has 0 unspecified atom stereocenters. The molecule has 28 heavy (non-hydrogen) atoms. The maximum absolute atomic E-state index is 11.5. The van der Waals surface area contributed by atoms with Crippen molar-refractivity contribution < 1.29 is 24.2 Å². The number of unbranched alkanes of at least 4 members (excludes halogenated alkanes) is 13. The molecule has 0 bridgehead atoms. The summed E-state index contributed by atoms with van der Waals surface area (Å²) in [6.07, 6.45) is 17.1. The van der Waals surface area contributed by atoms with Crippen molar-refractivity contribution in [1.82, 2.24) is 0 Å². The minimum Gasteiger partial charge on any atom is -0.550 e. The Morgan fingerprint density at radius 2 is 0.964 bits per heavy atom. The zero-order valence-corrected chi connectivity index (χ0v) is 18.1. The average Bonchev–Trinajstić information content (AvgIpc) is 2.64. The fraction of sp³-hybridized carbons (Fsp3) is 0.864. The molecular formula is C22H38ClO5-. The third-order valence-corrected chi connectivity index (χ3v) is 4.98. The van der Waals surface area contributed by atoms with Gasteiger partial charge < -0.3 is 14.6 Å². The molecule has 6 heteroatoms. The molecule has 0 heterocycles. The molecular weight excluding hydrogens is 380 g/mol. The maximum Gasteiger partial charge on any atom is 0.305 e. The van der Waals surface area contributed by atoms with Crippen LogP contribution in [-0.4, -0.2) is 23.8 Å². The number of rotatable bonds is 21. The predicted molar refractivity (Wildman–Crippen MR) is 110 cm³/mol. The molecule has 0 N–H and O–H groups in total. The number of aliphatic carboxylic acids is 1. The Kier molecular flexibility index (Phi) is 19.8. The van der Waals surface area contributed by atoms with Crippen molar-refractivity contribution in [2.24, 2.45) is 0 Å². The Bertz CT molecular complexity index is 412. The molecule has 0 saturated carbocycles. The van der Waals surface area contributed by atoms with E-state index < -0.39 is 5.97 Å². The van der Waals surface area contributed by atoms with Crippen molar-refractivity contribution in [2.45, 2.75) is 116 Å². The average molecular weight is 418 g/mol. The summed E-state index contributed by atoms with van der Waals surface area (Å²) in [4.78, 5) is 32.3. The Morgan fingerprint density at radius 3 is 1.43 bits per heavy atom. The molecule has 0 aliphatic rings. The molecule has 0 aliphatic heterocycles. The highest BCUT2D eigenvalue weighted by Crippen LogP contribution is 2.13. The first-order valence-corrected chi connectivity index (χ1v) is 11.4. The number of ether oxygens (including phenoxy) is 1. The molecule has 0 spiro atoms. The smallest absolute Gasteiger partial charge is 0.305 e. The SMILES string of the molecule is O=C([O-])CCCCCCCCCCCCCCCOC(=O)CCCCC(=O)Cl. The number of halogens is 1. The topological polar surface area (TPSA) is 83.5 Å². The summed E-state index contributed by atoms with van der Waals surface area (Å²) in [6, 6.07) is 0. The molecule has 0 amide bonds. The fourth-order valence-electron chi connectivity index (χ4n) is 3.11. The van der Waals surface area contributed by atoms with E-state index in [1.54, 1.807) is 0 Å². The lowest BCUT2D eigenvalue weighted by Gasteiger charge is -2.05. The molecule has 0 fully saturated rings.